The smallest absolute Gasteiger partial charge is 0.0738 e. The van der Waals surface area contributed by atoms with Crippen molar-refractivity contribution < 1.29 is 0 Å². The molecule has 94 valence electrons. The number of benzene rings is 1. The van der Waals surface area contributed by atoms with Crippen LogP contribution in [-0.4, -0.2) is 4.98 Å². The second-order valence-electron chi connectivity index (χ2n) is 4.00. The van der Waals surface area contributed by atoms with Crippen molar-refractivity contribution >= 4 is 31.9 Å². The van der Waals surface area contributed by atoms with Crippen molar-refractivity contribution in [1.29, 1.82) is 0 Å². The minimum absolute atomic E-state index is 0.0921. The van der Waals surface area contributed by atoms with Crippen molar-refractivity contribution in [2.24, 2.45) is 5.84 Å². The van der Waals surface area contributed by atoms with Crippen LogP contribution in [0.25, 0.3) is 0 Å². The van der Waals surface area contributed by atoms with Gasteiger partial charge in [0.25, 0.3) is 0 Å². The third-order valence-electron chi connectivity index (χ3n) is 2.83. The molecule has 1 unspecified atom stereocenters. The quantitative estimate of drug-likeness (QED) is 0.642. The molecule has 0 aliphatic heterocycles. The van der Waals surface area contributed by atoms with E-state index in [1.165, 1.54) is 0 Å². The molecule has 1 aromatic carbocycles. The molecule has 0 amide bonds. The van der Waals surface area contributed by atoms with Gasteiger partial charge in [0.1, 0.15) is 0 Å². The molecule has 0 spiro atoms. The average Bonchev–Trinajstić information content (AvgIpc) is 2.36. The Morgan fingerprint density at radius 1 is 1.22 bits per heavy atom. The molecule has 0 fully saturated rings. The zero-order valence-electron chi connectivity index (χ0n) is 9.82. The van der Waals surface area contributed by atoms with Crippen molar-refractivity contribution in [2.45, 2.75) is 13.0 Å². The normalized spacial score (nSPS) is 12.4. The number of halogens is 2. The maximum absolute atomic E-state index is 5.71. The number of aryl methyl sites for hydroxylation is 1. The molecule has 0 aliphatic rings. The van der Waals surface area contributed by atoms with Crippen LogP contribution >= 0.6 is 31.9 Å². The van der Waals surface area contributed by atoms with Gasteiger partial charge >= 0.3 is 0 Å². The largest absolute Gasteiger partial charge is 0.271 e. The van der Waals surface area contributed by atoms with Crippen LogP contribution in [0.2, 0.25) is 0 Å². The lowest BCUT2D eigenvalue weighted by Gasteiger charge is -2.20. The molecule has 3 N–H and O–H groups in total. The fraction of sp³-hybridized carbons (Fsp3) is 0.154. The predicted molar refractivity (Wildman–Crippen MR) is 80.0 cm³/mol. The molecule has 1 aromatic heterocycles. The third-order valence-corrected chi connectivity index (χ3v) is 4.04. The van der Waals surface area contributed by atoms with E-state index in [-0.39, 0.29) is 6.04 Å². The van der Waals surface area contributed by atoms with Gasteiger partial charge in [0, 0.05) is 21.3 Å². The Labute approximate surface area is 123 Å². The maximum Gasteiger partial charge on any atom is 0.0738 e. The Morgan fingerprint density at radius 3 is 2.67 bits per heavy atom. The van der Waals surface area contributed by atoms with E-state index in [1.54, 1.807) is 6.20 Å². The summed E-state index contributed by atoms with van der Waals surface area (Å²) in [6.45, 7) is 2.05. The SMILES string of the molecule is Cc1ccncc1C(NN)c1cc(Br)ccc1Br. The fourth-order valence-corrected chi connectivity index (χ4v) is 2.72. The number of nitrogens with zero attached hydrogens (tertiary/aromatic N) is 1. The molecule has 2 aromatic rings. The van der Waals surface area contributed by atoms with Crippen molar-refractivity contribution in [3.8, 4) is 0 Å². The van der Waals surface area contributed by atoms with Gasteiger partial charge in [-0.1, -0.05) is 31.9 Å². The summed E-state index contributed by atoms with van der Waals surface area (Å²) in [6.07, 6.45) is 3.62. The van der Waals surface area contributed by atoms with E-state index in [0.29, 0.717) is 0 Å². The Morgan fingerprint density at radius 2 is 2.00 bits per heavy atom. The summed E-state index contributed by atoms with van der Waals surface area (Å²) in [6, 6.07) is 7.91. The summed E-state index contributed by atoms with van der Waals surface area (Å²) < 4.78 is 2.03. The van der Waals surface area contributed by atoms with Crippen molar-refractivity contribution in [2.75, 3.05) is 0 Å². The van der Waals surface area contributed by atoms with Gasteiger partial charge in [0.2, 0.25) is 0 Å². The molecule has 1 atom stereocenters. The molecule has 2 rings (SSSR count). The fourth-order valence-electron chi connectivity index (χ4n) is 1.86. The molecule has 18 heavy (non-hydrogen) atoms. The van der Waals surface area contributed by atoms with Gasteiger partial charge in [-0.15, -0.1) is 0 Å². The Hall–Kier alpha value is -0.750. The second-order valence-corrected chi connectivity index (χ2v) is 5.77. The van der Waals surface area contributed by atoms with Gasteiger partial charge in [0.05, 0.1) is 6.04 Å². The molecule has 3 nitrogen and oxygen atoms in total. The first-order valence-electron chi connectivity index (χ1n) is 5.45. The first-order valence-corrected chi connectivity index (χ1v) is 7.03. The number of nitrogens with one attached hydrogen (secondary N) is 1. The van der Waals surface area contributed by atoms with Crippen LogP contribution in [0.3, 0.4) is 0 Å². The van der Waals surface area contributed by atoms with E-state index in [1.807, 2.05) is 37.4 Å². The summed E-state index contributed by atoms with van der Waals surface area (Å²) in [5.41, 5.74) is 6.15. The number of hydrazine groups is 1. The van der Waals surface area contributed by atoms with Gasteiger partial charge in [-0.3, -0.25) is 10.8 Å². The topological polar surface area (TPSA) is 50.9 Å². The summed E-state index contributed by atoms with van der Waals surface area (Å²) in [5.74, 6) is 5.71. The minimum atomic E-state index is -0.0921. The van der Waals surface area contributed by atoms with Gasteiger partial charge in [0.15, 0.2) is 0 Å². The molecular weight excluding hydrogens is 358 g/mol. The highest BCUT2D eigenvalue weighted by Crippen LogP contribution is 2.31. The van der Waals surface area contributed by atoms with E-state index in [4.69, 9.17) is 5.84 Å². The number of hydrogen-bond acceptors (Lipinski definition) is 3. The van der Waals surface area contributed by atoms with Crippen molar-refractivity contribution in [1.82, 2.24) is 10.4 Å². The van der Waals surface area contributed by atoms with Crippen LogP contribution < -0.4 is 11.3 Å². The molecular formula is C13H13Br2N3. The minimum Gasteiger partial charge on any atom is -0.271 e. The van der Waals surface area contributed by atoms with Crippen LogP contribution in [-0.2, 0) is 0 Å². The molecule has 0 saturated carbocycles. The van der Waals surface area contributed by atoms with Crippen LogP contribution in [0, 0.1) is 6.92 Å². The lowest BCUT2D eigenvalue weighted by atomic mass is 9.97. The molecule has 1 heterocycles. The van der Waals surface area contributed by atoms with Gasteiger partial charge in [-0.25, -0.2) is 5.43 Å². The monoisotopic (exact) mass is 369 g/mol. The Kier molecular flexibility index (Phi) is 4.50. The first kappa shape index (κ1) is 13.7. The number of hydrogen-bond donors (Lipinski definition) is 2. The number of nitrogens with two attached hydrogens (primary N) is 1. The van der Waals surface area contributed by atoms with E-state index < -0.39 is 0 Å². The highest BCUT2D eigenvalue weighted by atomic mass is 79.9. The van der Waals surface area contributed by atoms with Gasteiger partial charge in [-0.2, -0.15) is 0 Å². The van der Waals surface area contributed by atoms with Crippen molar-refractivity contribution in [3.05, 3.63) is 62.3 Å². The number of rotatable bonds is 3. The van der Waals surface area contributed by atoms with Crippen molar-refractivity contribution in [3.63, 3.8) is 0 Å². The second kappa shape index (κ2) is 5.93. The Bertz CT molecular complexity index is 558. The summed E-state index contributed by atoms with van der Waals surface area (Å²) in [5, 5.41) is 0. The highest BCUT2D eigenvalue weighted by Gasteiger charge is 2.17. The lowest BCUT2D eigenvalue weighted by molar-refractivity contribution is 0.629. The van der Waals surface area contributed by atoms with Gasteiger partial charge < -0.3 is 0 Å². The predicted octanol–water partition coefficient (Wildman–Crippen LogP) is 3.47. The van der Waals surface area contributed by atoms with E-state index in [2.05, 4.69) is 42.3 Å². The van der Waals surface area contributed by atoms with E-state index in [9.17, 15) is 0 Å². The summed E-state index contributed by atoms with van der Waals surface area (Å²) in [7, 11) is 0. The number of pyridine rings is 1. The average molecular weight is 371 g/mol. The Balaban J connectivity index is 2.52. The van der Waals surface area contributed by atoms with Crippen LogP contribution in [0.4, 0.5) is 0 Å². The van der Waals surface area contributed by atoms with Gasteiger partial charge in [-0.05, 0) is 47.9 Å². The van der Waals surface area contributed by atoms with E-state index >= 15 is 0 Å². The lowest BCUT2D eigenvalue weighted by Crippen LogP contribution is -2.29. The maximum atomic E-state index is 5.71. The van der Waals surface area contributed by atoms with Crippen LogP contribution in [0.5, 0.6) is 0 Å². The molecule has 0 radical (unpaired) electrons. The summed E-state index contributed by atoms with van der Waals surface area (Å²) in [4.78, 5) is 4.17. The highest BCUT2D eigenvalue weighted by molar-refractivity contribution is 9.11. The molecule has 0 saturated heterocycles. The summed E-state index contributed by atoms with van der Waals surface area (Å²) >= 11 is 7.04. The molecule has 0 bridgehead atoms. The molecule has 0 aliphatic carbocycles. The van der Waals surface area contributed by atoms with E-state index in [0.717, 1.165) is 25.6 Å². The zero-order valence-corrected chi connectivity index (χ0v) is 13.0. The number of aromatic nitrogens is 1. The van der Waals surface area contributed by atoms with Crippen LogP contribution in [0.15, 0.2) is 45.6 Å². The standard InChI is InChI=1S/C13H13Br2N3/c1-8-4-5-17-7-11(8)13(18-16)10-6-9(14)2-3-12(10)15/h2-7,13,18H,16H2,1H3. The zero-order chi connectivity index (χ0) is 13.1. The van der Waals surface area contributed by atoms with Crippen LogP contribution in [0.1, 0.15) is 22.7 Å². The third kappa shape index (κ3) is 2.80. The first-order chi connectivity index (χ1) is 8.63. The molecule has 5 heteroatoms.